The molecule has 2 aliphatic rings. The molecule has 1 unspecified atom stereocenters. The number of hydrogen-bond acceptors (Lipinski definition) is 5. The Balaban J connectivity index is 1.59. The fourth-order valence-corrected chi connectivity index (χ4v) is 5.09. The van der Waals surface area contributed by atoms with Crippen LogP contribution in [0.5, 0.6) is 0 Å². The highest BCUT2D eigenvalue weighted by Crippen LogP contribution is 2.28. The Bertz CT molecular complexity index is 876. The Morgan fingerprint density at radius 2 is 1.96 bits per heavy atom. The van der Waals surface area contributed by atoms with Crippen molar-refractivity contribution in [1.82, 2.24) is 14.8 Å². The Morgan fingerprint density at radius 1 is 1.19 bits per heavy atom. The molecule has 0 bridgehead atoms. The van der Waals surface area contributed by atoms with Crippen LogP contribution in [-0.4, -0.2) is 51.9 Å². The van der Waals surface area contributed by atoms with E-state index in [1.165, 1.54) is 0 Å². The molecule has 3 heterocycles. The zero-order valence-electron chi connectivity index (χ0n) is 15.5. The summed E-state index contributed by atoms with van der Waals surface area (Å²) in [5, 5.41) is 1.04. The molecule has 2 atom stereocenters. The van der Waals surface area contributed by atoms with E-state index in [9.17, 15) is 14.4 Å². The number of thiazole rings is 1. The van der Waals surface area contributed by atoms with Crippen molar-refractivity contribution >= 4 is 39.4 Å². The van der Waals surface area contributed by atoms with Crippen LogP contribution in [0.3, 0.4) is 0 Å². The van der Waals surface area contributed by atoms with Gasteiger partial charge in [0.15, 0.2) is 11.7 Å². The maximum absolute atomic E-state index is 12.6. The van der Waals surface area contributed by atoms with Crippen LogP contribution in [0, 0.1) is 0 Å². The van der Waals surface area contributed by atoms with Gasteiger partial charge in [0.25, 0.3) is 0 Å². The molecule has 2 fully saturated rings. The van der Waals surface area contributed by atoms with Crippen molar-refractivity contribution in [3.05, 3.63) is 29.3 Å². The fraction of sp³-hybridized carbons (Fsp3) is 0.474. The molecular weight excluding hydrogens is 364 g/mol. The summed E-state index contributed by atoms with van der Waals surface area (Å²) < 4.78 is 1.15. The zero-order chi connectivity index (χ0) is 19.1. The third-order valence-electron chi connectivity index (χ3n) is 5.30. The van der Waals surface area contributed by atoms with Gasteiger partial charge in [0.05, 0.1) is 16.8 Å². The van der Waals surface area contributed by atoms with Gasteiger partial charge >= 0.3 is 17.8 Å². The number of piperidine rings is 1. The second kappa shape index (κ2) is 7.01. The third kappa shape index (κ3) is 3.12. The van der Waals surface area contributed by atoms with E-state index in [1.54, 1.807) is 25.2 Å². The Labute approximate surface area is 161 Å². The average molecular weight is 387 g/mol. The number of para-hydroxylation sites is 1. The van der Waals surface area contributed by atoms with Crippen molar-refractivity contribution in [2.45, 2.75) is 45.2 Å². The molecule has 4 rings (SSSR count). The number of rotatable bonds is 4. The highest BCUT2D eigenvalue weighted by Gasteiger charge is 2.48. The quantitative estimate of drug-likeness (QED) is 0.638. The lowest BCUT2D eigenvalue weighted by molar-refractivity contribution is -0.943. The smallest absolute Gasteiger partial charge is 0.309 e. The van der Waals surface area contributed by atoms with Gasteiger partial charge in [-0.3, -0.25) is 14.5 Å². The minimum atomic E-state index is -0.719. The normalized spacial score (nSPS) is 23.9. The average Bonchev–Trinajstić information content (AvgIpc) is 3.17. The molecule has 8 heteroatoms. The number of carbonyl (C=O) groups is 3. The van der Waals surface area contributed by atoms with E-state index >= 15 is 0 Å². The molecule has 4 amide bonds. The van der Waals surface area contributed by atoms with E-state index < -0.39 is 17.8 Å². The number of fused-ring (bicyclic) bond motifs is 1. The molecule has 0 radical (unpaired) electrons. The van der Waals surface area contributed by atoms with Crippen LogP contribution < -0.4 is 4.90 Å². The maximum atomic E-state index is 12.6. The van der Waals surface area contributed by atoms with E-state index in [0.29, 0.717) is 0 Å². The van der Waals surface area contributed by atoms with Crippen LogP contribution in [0.2, 0.25) is 0 Å². The van der Waals surface area contributed by atoms with E-state index in [1.807, 2.05) is 18.2 Å². The van der Waals surface area contributed by atoms with Crippen LogP contribution in [0.4, 0.5) is 4.79 Å². The largest absolute Gasteiger partial charge is 0.338 e. The first-order chi connectivity index (χ1) is 13.0. The van der Waals surface area contributed by atoms with Crippen molar-refractivity contribution in [3.63, 3.8) is 0 Å². The number of amides is 4. The van der Waals surface area contributed by atoms with Crippen LogP contribution >= 0.6 is 11.3 Å². The first-order valence-corrected chi connectivity index (χ1v) is 10.2. The summed E-state index contributed by atoms with van der Waals surface area (Å²) in [5.74, 6) is -1.43. The number of hydrogen-bond donors (Lipinski definition) is 1. The van der Waals surface area contributed by atoms with Gasteiger partial charge in [-0.15, -0.1) is 11.3 Å². The predicted molar refractivity (Wildman–Crippen MR) is 101 cm³/mol. The van der Waals surface area contributed by atoms with Crippen molar-refractivity contribution in [3.8, 4) is 0 Å². The van der Waals surface area contributed by atoms with Gasteiger partial charge in [0, 0.05) is 12.5 Å². The fourth-order valence-electron chi connectivity index (χ4n) is 3.93. The summed E-state index contributed by atoms with van der Waals surface area (Å²) >= 11 is 1.68. The maximum Gasteiger partial charge on any atom is 0.338 e. The molecule has 7 nitrogen and oxygen atoms in total. The molecule has 2 aliphatic heterocycles. The molecular formula is C19H23N4O3S+. The molecule has 0 spiro atoms. The summed E-state index contributed by atoms with van der Waals surface area (Å²) in [4.78, 5) is 45.2. The molecule has 1 aromatic carbocycles. The van der Waals surface area contributed by atoms with Gasteiger partial charge in [-0.1, -0.05) is 12.1 Å². The topological polar surface area (TPSA) is 75.0 Å². The van der Waals surface area contributed by atoms with E-state index in [-0.39, 0.29) is 18.8 Å². The minimum Gasteiger partial charge on any atom is -0.309 e. The van der Waals surface area contributed by atoms with Crippen molar-refractivity contribution < 1.29 is 19.3 Å². The summed E-state index contributed by atoms with van der Waals surface area (Å²) in [6.45, 7) is 4.55. The van der Waals surface area contributed by atoms with Gasteiger partial charge in [-0.25, -0.2) is 14.7 Å². The van der Waals surface area contributed by atoms with Gasteiger partial charge in [0.2, 0.25) is 0 Å². The number of quaternary nitrogens is 1. The van der Waals surface area contributed by atoms with Crippen LogP contribution in [0.1, 0.15) is 44.2 Å². The number of likely N-dealkylation sites (tertiary alicyclic amines) is 1. The number of nitrogens with zero attached hydrogens (tertiary/aromatic N) is 3. The van der Waals surface area contributed by atoms with Gasteiger partial charge < -0.3 is 4.90 Å². The van der Waals surface area contributed by atoms with Gasteiger partial charge in [-0.05, 0) is 38.8 Å². The van der Waals surface area contributed by atoms with Crippen LogP contribution in [0.25, 0.3) is 10.2 Å². The third-order valence-corrected chi connectivity index (χ3v) is 6.45. The minimum absolute atomic E-state index is 0.139. The number of imide groups is 2. The predicted octanol–water partition coefficient (Wildman–Crippen LogP) is 1.56. The number of benzene rings is 1. The molecule has 0 aliphatic carbocycles. The lowest BCUT2D eigenvalue weighted by Crippen LogP contribution is -3.14. The monoisotopic (exact) mass is 387 g/mol. The molecule has 27 heavy (non-hydrogen) atoms. The summed E-state index contributed by atoms with van der Waals surface area (Å²) in [6, 6.07) is 7.36. The lowest BCUT2D eigenvalue weighted by Gasteiger charge is -2.33. The molecule has 0 saturated carbocycles. The van der Waals surface area contributed by atoms with Gasteiger partial charge in [0.1, 0.15) is 6.04 Å². The molecule has 2 saturated heterocycles. The van der Waals surface area contributed by atoms with E-state index in [0.717, 1.165) is 55.7 Å². The highest BCUT2D eigenvalue weighted by atomic mass is 32.1. The van der Waals surface area contributed by atoms with Crippen molar-refractivity contribution in [1.29, 1.82) is 0 Å². The number of urea groups is 1. The summed E-state index contributed by atoms with van der Waals surface area (Å²) in [5.41, 5.74) is 0.983. The first kappa shape index (κ1) is 18.1. The zero-order valence-corrected chi connectivity index (χ0v) is 16.3. The number of carbonyl (C=O) groups excluding carboxylic acids is 3. The highest BCUT2D eigenvalue weighted by molar-refractivity contribution is 7.18. The molecule has 1 aromatic heterocycles. The first-order valence-electron chi connectivity index (χ1n) is 9.36. The SMILES string of the molecule is CC(C)N1C(=O)C(=O)N(C[NH+]2CCCC[C@H]2c2nc3ccccc3s2)C1=O. The standard InChI is InChI=1S/C19H22N4O3S/c1-12(2)23-18(25)17(24)22(19(23)26)11-21-10-6-5-8-14(21)16-20-13-7-3-4-9-15(13)27-16/h3-4,7,9,12,14H,5-6,8,10-11H2,1-2H3/p+1/t14-/m0/s1. The number of aromatic nitrogens is 1. The van der Waals surface area contributed by atoms with Gasteiger partial charge in [-0.2, -0.15) is 0 Å². The second-order valence-corrected chi connectivity index (χ2v) is 8.48. The molecule has 1 N–H and O–H groups in total. The summed E-state index contributed by atoms with van der Waals surface area (Å²) in [6.07, 6.45) is 3.10. The van der Waals surface area contributed by atoms with Crippen LogP contribution in [0.15, 0.2) is 24.3 Å². The molecule has 142 valence electrons. The number of nitrogens with one attached hydrogen (secondary N) is 1. The van der Waals surface area contributed by atoms with Crippen molar-refractivity contribution in [2.75, 3.05) is 13.2 Å². The van der Waals surface area contributed by atoms with E-state index in [4.69, 9.17) is 4.98 Å². The summed E-state index contributed by atoms with van der Waals surface area (Å²) in [7, 11) is 0. The Hall–Kier alpha value is -2.32. The second-order valence-electron chi connectivity index (χ2n) is 7.42. The van der Waals surface area contributed by atoms with Crippen LogP contribution in [-0.2, 0) is 9.59 Å². The Morgan fingerprint density at radius 3 is 2.67 bits per heavy atom. The van der Waals surface area contributed by atoms with Crippen molar-refractivity contribution in [2.24, 2.45) is 0 Å². The van der Waals surface area contributed by atoms with E-state index in [2.05, 4.69) is 6.07 Å². The molecule has 2 aromatic rings. The lowest BCUT2D eigenvalue weighted by atomic mass is 10.0. The Kier molecular flexibility index (Phi) is 4.69.